The van der Waals surface area contributed by atoms with E-state index in [1.54, 1.807) is 0 Å². The van der Waals surface area contributed by atoms with Crippen molar-refractivity contribution in [1.82, 2.24) is 4.90 Å². The van der Waals surface area contributed by atoms with Gasteiger partial charge < -0.3 is 10.2 Å². The summed E-state index contributed by atoms with van der Waals surface area (Å²) < 4.78 is 0. The lowest BCUT2D eigenvalue weighted by atomic mass is 10.1. The van der Waals surface area contributed by atoms with E-state index in [9.17, 15) is 4.79 Å². The minimum Gasteiger partial charge on any atom is -0.477 e. The molecule has 0 radical (unpaired) electrons. The van der Waals surface area contributed by atoms with Gasteiger partial charge in [0.1, 0.15) is 4.88 Å². The second kappa shape index (κ2) is 6.31. The van der Waals surface area contributed by atoms with Crippen LogP contribution in [-0.4, -0.2) is 40.3 Å². The zero-order valence-corrected chi connectivity index (χ0v) is 11.2. The predicted octanol–water partition coefficient (Wildman–Crippen LogP) is 2.18. The highest BCUT2D eigenvalue weighted by Crippen LogP contribution is 2.26. The summed E-state index contributed by atoms with van der Waals surface area (Å²) in [4.78, 5) is 13.7. The molecular formula is C13H19NO3S. The molecule has 1 aromatic rings. The SMILES string of the molecule is O=C(O)c1sccc1CN(CCO)C1CCCC1. The number of carboxylic acids is 1. The molecule has 0 unspecified atom stereocenters. The Morgan fingerprint density at radius 1 is 1.44 bits per heavy atom. The van der Waals surface area contributed by atoms with Gasteiger partial charge in [0.05, 0.1) is 6.61 Å². The van der Waals surface area contributed by atoms with Crippen molar-refractivity contribution in [3.8, 4) is 0 Å². The fraction of sp³-hybridized carbons (Fsp3) is 0.615. The monoisotopic (exact) mass is 269 g/mol. The van der Waals surface area contributed by atoms with Gasteiger partial charge in [-0.1, -0.05) is 12.8 Å². The summed E-state index contributed by atoms with van der Waals surface area (Å²) in [5.74, 6) is -0.852. The molecule has 0 atom stereocenters. The number of hydrogen-bond donors (Lipinski definition) is 2. The lowest BCUT2D eigenvalue weighted by molar-refractivity contribution is 0.0698. The molecule has 0 aromatic carbocycles. The van der Waals surface area contributed by atoms with Crippen LogP contribution >= 0.6 is 11.3 Å². The Morgan fingerprint density at radius 2 is 2.17 bits per heavy atom. The molecule has 0 bridgehead atoms. The molecule has 1 saturated carbocycles. The molecule has 5 heteroatoms. The second-order valence-electron chi connectivity index (χ2n) is 4.71. The molecular weight excluding hydrogens is 250 g/mol. The van der Waals surface area contributed by atoms with Crippen molar-refractivity contribution in [2.45, 2.75) is 38.3 Å². The van der Waals surface area contributed by atoms with Crippen molar-refractivity contribution in [3.63, 3.8) is 0 Å². The van der Waals surface area contributed by atoms with Gasteiger partial charge in [0.25, 0.3) is 0 Å². The number of aliphatic hydroxyl groups excluding tert-OH is 1. The second-order valence-corrected chi connectivity index (χ2v) is 5.63. The number of hydrogen-bond acceptors (Lipinski definition) is 4. The van der Waals surface area contributed by atoms with Crippen LogP contribution in [-0.2, 0) is 6.54 Å². The van der Waals surface area contributed by atoms with Crippen LogP contribution in [0, 0.1) is 0 Å². The largest absolute Gasteiger partial charge is 0.477 e. The maximum atomic E-state index is 11.1. The molecule has 2 rings (SSSR count). The minimum atomic E-state index is -0.852. The predicted molar refractivity (Wildman–Crippen MR) is 71.0 cm³/mol. The number of aliphatic hydroxyl groups is 1. The Kier molecular flexibility index (Phi) is 4.74. The molecule has 2 N–H and O–H groups in total. The average Bonchev–Trinajstić information content (AvgIpc) is 2.99. The van der Waals surface area contributed by atoms with Crippen molar-refractivity contribution in [2.75, 3.05) is 13.2 Å². The van der Waals surface area contributed by atoms with E-state index in [1.165, 1.54) is 24.2 Å². The van der Waals surface area contributed by atoms with Gasteiger partial charge >= 0.3 is 5.97 Å². The van der Waals surface area contributed by atoms with Crippen LogP contribution in [0.5, 0.6) is 0 Å². The fourth-order valence-corrected chi connectivity index (χ4v) is 3.41. The first kappa shape index (κ1) is 13.5. The summed E-state index contributed by atoms with van der Waals surface area (Å²) in [7, 11) is 0. The molecule has 0 aliphatic heterocycles. The Bertz CT molecular complexity index is 399. The summed E-state index contributed by atoms with van der Waals surface area (Å²) in [5.41, 5.74) is 0.868. The fourth-order valence-electron chi connectivity index (χ4n) is 2.66. The van der Waals surface area contributed by atoms with Crippen LogP contribution in [0.25, 0.3) is 0 Å². The van der Waals surface area contributed by atoms with Crippen LogP contribution in [0.3, 0.4) is 0 Å². The zero-order chi connectivity index (χ0) is 13.0. The number of aromatic carboxylic acids is 1. The van der Waals surface area contributed by atoms with Gasteiger partial charge in [0.2, 0.25) is 0 Å². The number of thiophene rings is 1. The maximum Gasteiger partial charge on any atom is 0.346 e. The number of rotatable bonds is 6. The van der Waals surface area contributed by atoms with Gasteiger partial charge in [-0.25, -0.2) is 4.79 Å². The van der Waals surface area contributed by atoms with Crippen molar-refractivity contribution in [3.05, 3.63) is 21.9 Å². The summed E-state index contributed by atoms with van der Waals surface area (Å²) in [6.45, 7) is 1.39. The first-order chi connectivity index (χ1) is 8.72. The van der Waals surface area contributed by atoms with Crippen LogP contribution in [0.2, 0.25) is 0 Å². The Labute approximate surface area is 111 Å². The quantitative estimate of drug-likeness (QED) is 0.831. The van der Waals surface area contributed by atoms with E-state index in [2.05, 4.69) is 4.90 Å². The lowest BCUT2D eigenvalue weighted by Gasteiger charge is -2.27. The van der Waals surface area contributed by atoms with Crippen molar-refractivity contribution < 1.29 is 15.0 Å². The smallest absolute Gasteiger partial charge is 0.346 e. The highest BCUT2D eigenvalue weighted by Gasteiger charge is 2.24. The molecule has 1 aliphatic rings. The van der Waals surface area contributed by atoms with Crippen LogP contribution < -0.4 is 0 Å². The highest BCUT2D eigenvalue weighted by atomic mass is 32.1. The molecule has 0 saturated heterocycles. The molecule has 1 heterocycles. The molecule has 0 spiro atoms. The van der Waals surface area contributed by atoms with Crippen LogP contribution in [0.1, 0.15) is 40.9 Å². The van der Waals surface area contributed by atoms with Crippen LogP contribution in [0.15, 0.2) is 11.4 Å². The third-order valence-electron chi connectivity index (χ3n) is 3.54. The van der Waals surface area contributed by atoms with E-state index in [-0.39, 0.29) is 6.61 Å². The number of nitrogens with zero attached hydrogens (tertiary/aromatic N) is 1. The third kappa shape index (κ3) is 3.10. The van der Waals surface area contributed by atoms with Gasteiger partial charge in [0, 0.05) is 19.1 Å². The van der Waals surface area contributed by atoms with E-state index in [4.69, 9.17) is 10.2 Å². The maximum absolute atomic E-state index is 11.1. The molecule has 1 fully saturated rings. The van der Waals surface area contributed by atoms with E-state index in [0.29, 0.717) is 24.0 Å². The normalized spacial score (nSPS) is 16.6. The molecule has 100 valence electrons. The summed E-state index contributed by atoms with van der Waals surface area (Å²) in [5, 5.41) is 20.1. The third-order valence-corrected chi connectivity index (χ3v) is 4.49. The molecule has 1 aromatic heterocycles. The zero-order valence-electron chi connectivity index (χ0n) is 10.3. The average molecular weight is 269 g/mol. The topological polar surface area (TPSA) is 60.8 Å². The molecule has 0 amide bonds. The number of carboxylic acid groups (broad SMARTS) is 1. The first-order valence-corrected chi connectivity index (χ1v) is 7.25. The van der Waals surface area contributed by atoms with Gasteiger partial charge in [0.15, 0.2) is 0 Å². The van der Waals surface area contributed by atoms with E-state index < -0.39 is 5.97 Å². The Balaban J connectivity index is 2.07. The van der Waals surface area contributed by atoms with Gasteiger partial charge in [-0.05, 0) is 29.9 Å². The molecule has 4 nitrogen and oxygen atoms in total. The van der Waals surface area contributed by atoms with E-state index in [0.717, 1.165) is 18.4 Å². The van der Waals surface area contributed by atoms with Gasteiger partial charge in [-0.15, -0.1) is 11.3 Å². The number of carbonyl (C=O) groups is 1. The minimum absolute atomic E-state index is 0.128. The molecule has 18 heavy (non-hydrogen) atoms. The van der Waals surface area contributed by atoms with Gasteiger partial charge in [-0.2, -0.15) is 0 Å². The van der Waals surface area contributed by atoms with Crippen molar-refractivity contribution in [2.24, 2.45) is 0 Å². The Hall–Kier alpha value is -0.910. The van der Waals surface area contributed by atoms with Crippen molar-refractivity contribution in [1.29, 1.82) is 0 Å². The first-order valence-electron chi connectivity index (χ1n) is 6.37. The summed E-state index contributed by atoms with van der Waals surface area (Å²) in [6, 6.07) is 2.38. The molecule has 1 aliphatic carbocycles. The van der Waals surface area contributed by atoms with E-state index in [1.807, 2.05) is 11.4 Å². The van der Waals surface area contributed by atoms with Crippen LogP contribution in [0.4, 0.5) is 0 Å². The summed E-state index contributed by atoms with van der Waals surface area (Å²) >= 11 is 1.27. The van der Waals surface area contributed by atoms with Gasteiger partial charge in [-0.3, -0.25) is 4.90 Å². The highest BCUT2D eigenvalue weighted by molar-refractivity contribution is 7.12. The standard InChI is InChI=1S/C13H19NO3S/c15-7-6-14(11-3-1-2-4-11)9-10-5-8-18-12(10)13(16)17/h5,8,11,15H,1-4,6-7,9H2,(H,16,17). The van der Waals surface area contributed by atoms with E-state index >= 15 is 0 Å². The lowest BCUT2D eigenvalue weighted by Crippen LogP contribution is -2.35. The van der Waals surface area contributed by atoms with Crippen molar-refractivity contribution >= 4 is 17.3 Å². The Morgan fingerprint density at radius 3 is 2.78 bits per heavy atom. The summed E-state index contributed by atoms with van der Waals surface area (Å²) in [6.07, 6.45) is 4.79.